The first-order chi connectivity index (χ1) is 14.4. The maximum absolute atomic E-state index is 12.5. The number of amides is 1. The number of ether oxygens (including phenoxy) is 1. The molecule has 2 aromatic carbocycles. The molecule has 3 aromatic rings. The number of fused-ring (bicyclic) bond motifs is 1. The van der Waals surface area contributed by atoms with Crippen LogP contribution < -0.4 is 5.32 Å². The Hall–Kier alpha value is -3.24. The number of sulfonamides is 1. The van der Waals surface area contributed by atoms with Crippen molar-refractivity contribution in [3.05, 3.63) is 54.2 Å². The van der Waals surface area contributed by atoms with Crippen molar-refractivity contribution in [3.63, 3.8) is 0 Å². The highest BCUT2D eigenvalue weighted by atomic mass is 32.2. The van der Waals surface area contributed by atoms with Crippen molar-refractivity contribution in [1.29, 1.82) is 0 Å². The lowest BCUT2D eigenvalue weighted by molar-refractivity contribution is -0.119. The number of esters is 1. The van der Waals surface area contributed by atoms with Gasteiger partial charge in [-0.05, 0) is 30.3 Å². The van der Waals surface area contributed by atoms with Gasteiger partial charge in [-0.3, -0.25) is 9.89 Å². The van der Waals surface area contributed by atoms with Gasteiger partial charge in [0.15, 0.2) is 12.3 Å². The number of para-hydroxylation sites is 1. The Morgan fingerprint density at radius 2 is 1.73 bits per heavy atom. The zero-order chi connectivity index (χ0) is 21.7. The molecular weight excluding hydrogens is 408 g/mol. The van der Waals surface area contributed by atoms with E-state index >= 15 is 0 Å². The van der Waals surface area contributed by atoms with E-state index in [1.807, 2.05) is 6.07 Å². The fourth-order valence-electron chi connectivity index (χ4n) is 2.94. The van der Waals surface area contributed by atoms with Gasteiger partial charge >= 0.3 is 5.97 Å². The maximum atomic E-state index is 12.5. The van der Waals surface area contributed by atoms with E-state index < -0.39 is 28.5 Å². The van der Waals surface area contributed by atoms with Gasteiger partial charge in [0.2, 0.25) is 10.0 Å². The molecule has 1 aromatic heterocycles. The van der Waals surface area contributed by atoms with Gasteiger partial charge in [0.25, 0.3) is 5.91 Å². The molecular formula is C20H22N4O5S. The van der Waals surface area contributed by atoms with Crippen molar-refractivity contribution in [2.24, 2.45) is 0 Å². The zero-order valence-electron chi connectivity index (χ0n) is 16.6. The monoisotopic (exact) mass is 430 g/mol. The van der Waals surface area contributed by atoms with Gasteiger partial charge in [0, 0.05) is 24.2 Å². The topological polar surface area (TPSA) is 121 Å². The molecule has 0 saturated heterocycles. The van der Waals surface area contributed by atoms with Crippen LogP contribution in [0.15, 0.2) is 53.4 Å². The molecule has 0 fully saturated rings. The Morgan fingerprint density at radius 3 is 2.40 bits per heavy atom. The van der Waals surface area contributed by atoms with Crippen LogP contribution in [0.1, 0.15) is 24.3 Å². The standard InChI is InChI=1S/C20H22N4O5S/c1-3-24(4-2)30(27,28)15-11-9-14(10-12-15)21-18(25)13-29-20(26)19-16-7-5-6-8-17(16)22-23-19/h5-12H,3-4,13H2,1-2H3,(H,21,25)(H,22,23). The zero-order valence-corrected chi connectivity index (χ0v) is 17.4. The van der Waals surface area contributed by atoms with Crippen LogP contribution in [0.3, 0.4) is 0 Å². The fourth-order valence-corrected chi connectivity index (χ4v) is 4.40. The molecule has 1 amide bonds. The second kappa shape index (κ2) is 9.06. The quantitative estimate of drug-likeness (QED) is 0.529. The van der Waals surface area contributed by atoms with Crippen LogP contribution in [0.5, 0.6) is 0 Å². The van der Waals surface area contributed by atoms with Gasteiger partial charge in [0.05, 0.1) is 10.4 Å². The Labute approximate surface area is 174 Å². The number of hydrogen-bond acceptors (Lipinski definition) is 6. The summed E-state index contributed by atoms with van der Waals surface area (Å²) in [6.07, 6.45) is 0. The molecule has 0 saturated carbocycles. The van der Waals surface area contributed by atoms with Crippen LogP contribution >= 0.6 is 0 Å². The van der Waals surface area contributed by atoms with Gasteiger partial charge in [0.1, 0.15) is 0 Å². The summed E-state index contributed by atoms with van der Waals surface area (Å²) in [6, 6.07) is 12.9. The van der Waals surface area contributed by atoms with Crippen molar-refractivity contribution >= 4 is 38.5 Å². The third-order valence-corrected chi connectivity index (χ3v) is 6.54. The SMILES string of the molecule is CCN(CC)S(=O)(=O)c1ccc(NC(=O)COC(=O)c2n[nH]c3ccccc23)cc1. The van der Waals surface area contributed by atoms with E-state index in [0.717, 1.165) is 0 Å². The van der Waals surface area contributed by atoms with E-state index in [4.69, 9.17) is 4.74 Å². The predicted octanol–water partition coefficient (Wildman–Crippen LogP) is 2.39. The lowest BCUT2D eigenvalue weighted by Gasteiger charge is -2.18. The highest BCUT2D eigenvalue weighted by Crippen LogP contribution is 2.19. The summed E-state index contributed by atoms with van der Waals surface area (Å²) in [7, 11) is -3.57. The summed E-state index contributed by atoms with van der Waals surface area (Å²) in [6.45, 7) is 3.77. The number of aromatic nitrogens is 2. The van der Waals surface area contributed by atoms with Crippen LogP contribution in [-0.4, -0.2) is 54.5 Å². The third-order valence-electron chi connectivity index (χ3n) is 4.48. The third kappa shape index (κ3) is 4.50. The number of hydrogen-bond donors (Lipinski definition) is 2. The molecule has 0 aliphatic rings. The van der Waals surface area contributed by atoms with Crippen molar-refractivity contribution in [3.8, 4) is 0 Å². The number of benzene rings is 2. The maximum Gasteiger partial charge on any atom is 0.359 e. The van der Waals surface area contributed by atoms with Gasteiger partial charge in [-0.25, -0.2) is 13.2 Å². The summed E-state index contributed by atoms with van der Waals surface area (Å²) >= 11 is 0. The summed E-state index contributed by atoms with van der Waals surface area (Å²) in [4.78, 5) is 24.4. The molecule has 0 atom stereocenters. The van der Waals surface area contributed by atoms with E-state index in [1.54, 1.807) is 32.0 Å². The van der Waals surface area contributed by atoms with E-state index in [9.17, 15) is 18.0 Å². The van der Waals surface area contributed by atoms with Crippen molar-refractivity contribution < 1.29 is 22.7 Å². The first-order valence-corrected chi connectivity index (χ1v) is 10.8. The van der Waals surface area contributed by atoms with Crippen LogP contribution in [0.25, 0.3) is 10.9 Å². The van der Waals surface area contributed by atoms with E-state index in [0.29, 0.717) is 29.7 Å². The lowest BCUT2D eigenvalue weighted by Crippen LogP contribution is -2.30. The molecule has 30 heavy (non-hydrogen) atoms. The second-order valence-corrected chi connectivity index (χ2v) is 8.29. The molecule has 2 N–H and O–H groups in total. The van der Waals surface area contributed by atoms with Crippen molar-refractivity contribution in [1.82, 2.24) is 14.5 Å². The van der Waals surface area contributed by atoms with Crippen molar-refractivity contribution in [2.45, 2.75) is 18.7 Å². The molecule has 9 nitrogen and oxygen atoms in total. The molecule has 0 bridgehead atoms. The molecule has 158 valence electrons. The minimum Gasteiger partial charge on any atom is -0.451 e. The Kier molecular flexibility index (Phi) is 6.48. The van der Waals surface area contributed by atoms with Gasteiger partial charge in [-0.1, -0.05) is 32.0 Å². The molecule has 10 heteroatoms. The number of carbonyl (C=O) groups excluding carboxylic acids is 2. The largest absolute Gasteiger partial charge is 0.451 e. The normalized spacial score (nSPS) is 11.6. The molecule has 0 aliphatic heterocycles. The molecule has 0 aliphatic carbocycles. The minimum absolute atomic E-state index is 0.101. The predicted molar refractivity (Wildman–Crippen MR) is 112 cm³/mol. The minimum atomic E-state index is -3.57. The number of nitrogens with zero attached hydrogens (tertiary/aromatic N) is 2. The Balaban J connectivity index is 1.59. The first-order valence-electron chi connectivity index (χ1n) is 9.37. The number of H-pyrrole nitrogens is 1. The van der Waals surface area contributed by atoms with Crippen LogP contribution in [0.4, 0.5) is 5.69 Å². The molecule has 0 unspecified atom stereocenters. The number of nitrogens with one attached hydrogen (secondary N) is 2. The summed E-state index contributed by atoms with van der Waals surface area (Å²) in [5, 5.41) is 9.82. The van der Waals surface area contributed by atoms with Crippen LogP contribution in [0.2, 0.25) is 0 Å². The number of aromatic amines is 1. The highest BCUT2D eigenvalue weighted by Gasteiger charge is 2.21. The van der Waals surface area contributed by atoms with Crippen LogP contribution in [-0.2, 0) is 19.6 Å². The fraction of sp³-hybridized carbons (Fsp3) is 0.250. The Morgan fingerprint density at radius 1 is 1.07 bits per heavy atom. The number of carbonyl (C=O) groups is 2. The van der Waals surface area contributed by atoms with Gasteiger partial charge in [-0.2, -0.15) is 9.40 Å². The first kappa shape index (κ1) is 21.5. The second-order valence-electron chi connectivity index (χ2n) is 6.36. The van der Waals surface area contributed by atoms with Crippen molar-refractivity contribution in [2.75, 3.05) is 25.0 Å². The lowest BCUT2D eigenvalue weighted by atomic mass is 10.2. The molecule has 3 rings (SSSR count). The average molecular weight is 430 g/mol. The van der Waals surface area contributed by atoms with Gasteiger partial charge in [-0.15, -0.1) is 0 Å². The molecule has 1 heterocycles. The smallest absolute Gasteiger partial charge is 0.359 e. The number of rotatable bonds is 8. The van der Waals surface area contributed by atoms with Gasteiger partial charge < -0.3 is 10.1 Å². The molecule has 0 spiro atoms. The van der Waals surface area contributed by atoms with Crippen LogP contribution in [0, 0.1) is 0 Å². The van der Waals surface area contributed by atoms with E-state index in [2.05, 4.69) is 15.5 Å². The summed E-state index contributed by atoms with van der Waals surface area (Å²) in [5.74, 6) is -1.27. The number of anilines is 1. The average Bonchev–Trinajstić information content (AvgIpc) is 3.17. The molecule has 0 radical (unpaired) electrons. The summed E-state index contributed by atoms with van der Waals surface area (Å²) in [5.41, 5.74) is 1.18. The Bertz CT molecular complexity index is 1150. The highest BCUT2D eigenvalue weighted by molar-refractivity contribution is 7.89. The van der Waals surface area contributed by atoms with E-state index in [1.165, 1.54) is 28.6 Å². The van der Waals surface area contributed by atoms with E-state index in [-0.39, 0.29) is 10.6 Å². The summed E-state index contributed by atoms with van der Waals surface area (Å²) < 4.78 is 31.3.